The van der Waals surface area contributed by atoms with E-state index < -0.39 is 0 Å². The third-order valence-corrected chi connectivity index (χ3v) is 3.31. The van der Waals surface area contributed by atoms with Crippen molar-refractivity contribution in [3.05, 3.63) is 57.9 Å². The number of nitrogens with two attached hydrogens (primary N) is 1. The molecule has 0 radical (unpaired) electrons. The third-order valence-electron chi connectivity index (χ3n) is 2.54. The van der Waals surface area contributed by atoms with Gasteiger partial charge in [-0.3, -0.25) is 0 Å². The summed E-state index contributed by atoms with van der Waals surface area (Å²) in [5.41, 5.74) is 7.67. The van der Waals surface area contributed by atoms with Crippen molar-refractivity contribution in [1.29, 1.82) is 0 Å². The Balaban J connectivity index is 2.09. The zero-order valence-electron chi connectivity index (χ0n) is 9.16. The van der Waals surface area contributed by atoms with Gasteiger partial charge in [-0.2, -0.15) is 0 Å². The summed E-state index contributed by atoms with van der Waals surface area (Å²) in [4.78, 5) is 3.94. The lowest BCUT2D eigenvalue weighted by molar-refractivity contribution is 0.624. The molecular weight excluding hydrogens is 283 g/mol. The van der Waals surface area contributed by atoms with E-state index >= 15 is 0 Å². The van der Waals surface area contributed by atoms with Crippen LogP contribution >= 0.6 is 15.9 Å². The summed E-state index contributed by atoms with van der Waals surface area (Å²) in [7, 11) is 0. The van der Waals surface area contributed by atoms with Gasteiger partial charge in [0.2, 0.25) is 0 Å². The molecule has 0 atom stereocenters. The maximum absolute atomic E-state index is 13.1. The van der Waals surface area contributed by atoms with Crippen molar-refractivity contribution in [3.8, 4) is 0 Å². The Hall–Kier alpha value is -1.42. The van der Waals surface area contributed by atoms with Gasteiger partial charge in [0.05, 0.1) is 0 Å². The Labute approximate surface area is 108 Å². The molecule has 1 heterocycles. The van der Waals surface area contributed by atoms with E-state index in [2.05, 4.69) is 20.9 Å². The zero-order chi connectivity index (χ0) is 12.3. The second kappa shape index (κ2) is 5.27. The summed E-state index contributed by atoms with van der Waals surface area (Å²) in [5.74, 6) is 0.304. The second-order valence-electron chi connectivity index (χ2n) is 3.82. The predicted molar refractivity (Wildman–Crippen MR) is 70.2 cm³/mol. The highest BCUT2D eigenvalue weighted by Crippen LogP contribution is 2.20. The lowest BCUT2D eigenvalue weighted by atomic mass is 10.1. The van der Waals surface area contributed by atoms with Crippen molar-refractivity contribution in [2.75, 3.05) is 5.73 Å². The highest BCUT2D eigenvalue weighted by Gasteiger charge is 2.03. The number of aryl methyl sites for hydroxylation is 2. The van der Waals surface area contributed by atoms with E-state index in [0.29, 0.717) is 5.82 Å². The van der Waals surface area contributed by atoms with Gasteiger partial charge < -0.3 is 5.73 Å². The topological polar surface area (TPSA) is 38.9 Å². The Bertz CT molecular complexity index is 529. The van der Waals surface area contributed by atoms with E-state index in [0.717, 1.165) is 28.4 Å². The fourth-order valence-electron chi connectivity index (χ4n) is 1.66. The molecule has 2 nitrogen and oxygen atoms in total. The molecule has 0 aliphatic carbocycles. The first-order chi connectivity index (χ1) is 8.15. The molecule has 0 bridgehead atoms. The Kier molecular flexibility index (Phi) is 3.74. The van der Waals surface area contributed by atoms with Crippen molar-refractivity contribution in [2.24, 2.45) is 0 Å². The van der Waals surface area contributed by atoms with Crippen molar-refractivity contribution in [2.45, 2.75) is 12.8 Å². The SMILES string of the molecule is Nc1cc(CCc2cc(F)ccc2Br)ccn1. The number of hydrogen-bond donors (Lipinski definition) is 1. The number of benzene rings is 1. The number of anilines is 1. The molecule has 17 heavy (non-hydrogen) atoms. The van der Waals surface area contributed by atoms with Crippen LogP contribution in [0, 0.1) is 5.82 Å². The molecule has 1 aromatic carbocycles. The molecule has 88 valence electrons. The molecule has 2 aromatic rings. The highest BCUT2D eigenvalue weighted by molar-refractivity contribution is 9.10. The number of nitrogens with zero attached hydrogens (tertiary/aromatic N) is 1. The molecule has 0 saturated carbocycles. The van der Waals surface area contributed by atoms with Crippen LogP contribution in [0.4, 0.5) is 10.2 Å². The summed E-state index contributed by atoms with van der Waals surface area (Å²) >= 11 is 3.41. The van der Waals surface area contributed by atoms with Crippen LogP contribution < -0.4 is 5.73 Å². The summed E-state index contributed by atoms with van der Waals surface area (Å²) in [6.45, 7) is 0. The largest absolute Gasteiger partial charge is 0.384 e. The van der Waals surface area contributed by atoms with Gasteiger partial charge in [-0.1, -0.05) is 15.9 Å². The number of hydrogen-bond acceptors (Lipinski definition) is 2. The van der Waals surface area contributed by atoms with Gasteiger partial charge in [0.15, 0.2) is 0 Å². The van der Waals surface area contributed by atoms with Crippen LogP contribution in [-0.4, -0.2) is 4.98 Å². The molecule has 0 fully saturated rings. The summed E-state index contributed by atoms with van der Waals surface area (Å²) < 4.78 is 14.0. The molecule has 0 aliphatic rings. The van der Waals surface area contributed by atoms with Gasteiger partial charge >= 0.3 is 0 Å². The minimum Gasteiger partial charge on any atom is -0.384 e. The van der Waals surface area contributed by atoms with Crippen LogP contribution in [0.1, 0.15) is 11.1 Å². The van der Waals surface area contributed by atoms with Crippen LogP contribution in [0.15, 0.2) is 41.0 Å². The van der Waals surface area contributed by atoms with Crippen LogP contribution in [0.5, 0.6) is 0 Å². The molecular formula is C13H12BrFN2. The number of pyridine rings is 1. The molecule has 0 spiro atoms. The Morgan fingerprint density at radius 3 is 2.76 bits per heavy atom. The fraction of sp³-hybridized carbons (Fsp3) is 0.154. The van der Waals surface area contributed by atoms with E-state index in [9.17, 15) is 4.39 Å². The third kappa shape index (κ3) is 3.27. The van der Waals surface area contributed by atoms with Crippen molar-refractivity contribution in [3.63, 3.8) is 0 Å². The first kappa shape index (κ1) is 12.0. The maximum atomic E-state index is 13.1. The van der Waals surface area contributed by atoms with Crippen LogP contribution in [0.3, 0.4) is 0 Å². The van der Waals surface area contributed by atoms with E-state index in [-0.39, 0.29) is 5.82 Å². The van der Waals surface area contributed by atoms with Gasteiger partial charge in [-0.15, -0.1) is 0 Å². The zero-order valence-corrected chi connectivity index (χ0v) is 10.7. The molecule has 2 rings (SSSR count). The fourth-order valence-corrected chi connectivity index (χ4v) is 2.11. The first-order valence-corrected chi connectivity index (χ1v) is 6.09. The lowest BCUT2D eigenvalue weighted by Crippen LogP contribution is -1.96. The summed E-state index contributed by atoms with van der Waals surface area (Å²) in [5, 5.41) is 0. The lowest BCUT2D eigenvalue weighted by Gasteiger charge is -2.05. The van der Waals surface area contributed by atoms with Gasteiger partial charge in [-0.05, 0) is 54.3 Å². The summed E-state index contributed by atoms with van der Waals surface area (Å²) in [6, 6.07) is 8.48. The molecule has 0 saturated heterocycles. The maximum Gasteiger partial charge on any atom is 0.123 e. The van der Waals surface area contributed by atoms with Crippen molar-refractivity contribution < 1.29 is 4.39 Å². The number of rotatable bonds is 3. The number of aromatic nitrogens is 1. The Morgan fingerprint density at radius 2 is 2.00 bits per heavy atom. The smallest absolute Gasteiger partial charge is 0.123 e. The molecule has 0 unspecified atom stereocenters. The van der Waals surface area contributed by atoms with Crippen molar-refractivity contribution >= 4 is 21.7 Å². The van der Waals surface area contributed by atoms with Gasteiger partial charge in [0, 0.05) is 10.7 Å². The molecule has 2 N–H and O–H groups in total. The van der Waals surface area contributed by atoms with Crippen LogP contribution in [0.2, 0.25) is 0 Å². The van der Waals surface area contributed by atoms with Crippen LogP contribution in [-0.2, 0) is 12.8 Å². The predicted octanol–water partition coefficient (Wildman–Crippen LogP) is 3.35. The molecule has 0 amide bonds. The standard InChI is InChI=1S/C13H12BrFN2/c14-12-4-3-11(15)8-10(12)2-1-9-5-6-17-13(16)7-9/h3-8H,1-2H2,(H2,16,17). The average Bonchev–Trinajstić information content (AvgIpc) is 2.30. The molecule has 4 heteroatoms. The molecule has 0 aliphatic heterocycles. The highest BCUT2D eigenvalue weighted by atomic mass is 79.9. The van der Waals surface area contributed by atoms with Crippen molar-refractivity contribution in [1.82, 2.24) is 4.98 Å². The monoisotopic (exact) mass is 294 g/mol. The van der Waals surface area contributed by atoms with E-state index in [1.54, 1.807) is 18.3 Å². The number of halogens is 2. The van der Waals surface area contributed by atoms with Gasteiger partial charge in [0.25, 0.3) is 0 Å². The van der Waals surface area contributed by atoms with E-state index in [1.807, 2.05) is 12.1 Å². The van der Waals surface area contributed by atoms with Crippen LogP contribution in [0.25, 0.3) is 0 Å². The summed E-state index contributed by atoms with van der Waals surface area (Å²) in [6.07, 6.45) is 3.27. The second-order valence-corrected chi connectivity index (χ2v) is 4.68. The first-order valence-electron chi connectivity index (χ1n) is 5.29. The Morgan fingerprint density at radius 1 is 1.18 bits per heavy atom. The van der Waals surface area contributed by atoms with E-state index in [4.69, 9.17) is 5.73 Å². The van der Waals surface area contributed by atoms with Gasteiger partial charge in [-0.25, -0.2) is 9.37 Å². The van der Waals surface area contributed by atoms with Gasteiger partial charge in [0.1, 0.15) is 11.6 Å². The van der Waals surface area contributed by atoms with E-state index in [1.165, 1.54) is 6.07 Å². The minimum absolute atomic E-state index is 0.211. The number of nitrogen functional groups attached to an aromatic ring is 1. The minimum atomic E-state index is -0.211. The quantitative estimate of drug-likeness (QED) is 0.943. The molecule has 1 aromatic heterocycles. The average molecular weight is 295 g/mol. The normalized spacial score (nSPS) is 10.5.